The van der Waals surface area contributed by atoms with Crippen LogP contribution in [0.25, 0.3) is 0 Å². The Morgan fingerprint density at radius 3 is 1.30 bits per heavy atom. The highest BCUT2D eigenvalue weighted by molar-refractivity contribution is 5.76. The van der Waals surface area contributed by atoms with E-state index in [1.54, 1.807) is 0 Å². The van der Waals surface area contributed by atoms with E-state index in [0.717, 1.165) is 116 Å². The van der Waals surface area contributed by atoms with Gasteiger partial charge in [-0.2, -0.15) is 0 Å². The molecule has 0 spiro atoms. The monoisotopic (exact) mass is 1140 g/mol. The van der Waals surface area contributed by atoms with Crippen LogP contribution in [0.15, 0.2) is 134 Å². The van der Waals surface area contributed by atoms with Crippen LogP contribution >= 0.6 is 0 Å². The fourth-order valence-electron chi connectivity index (χ4n) is 9.18. The summed E-state index contributed by atoms with van der Waals surface area (Å²) in [5.74, 6) is -0.247. The minimum Gasteiger partial charge on any atom is -0.394 e. The molecule has 81 heavy (non-hydrogen) atoms. The van der Waals surface area contributed by atoms with Crippen molar-refractivity contribution < 1.29 is 64.6 Å². The molecular formula is C67H109NO13. The minimum atomic E-state index is -1.79. The molecule has 2 heterocycles. The number of aliphatic hydroxyl groups excluding tert-OH is 8. The van der Waals surface area contributed by atoms with Gasteiger partial charge in [0.2, 0.25) is 5.91 Å². The van der Waals surface area contributed by atoms with Gasteiger partial charge in [0, 0.05) is 6.42 Å². The smallest absolute Gasteiger partial charge is 0.220 e. The van der Waals surface area contributed by atoms with Crippen LogP contribution in [0.5, 0.6) is 0 Å². The van der Waals surface area contributed by atoms with Crippen molar-refractivity contribution >= 4 is 5.91 Å². The van der Waals surface area contributed by atoms with E-state index in [9.17, 15) is 45.6 Å². The highest BCUT2D eigenvalue weighted by atomic mass is 16.7. The van der Waals surface area contributed by atoms with Gasteiger partial charge in [0.05, 0.1) is 32.0 Å². The quantitative estimate of drug-likeness (QED) is 0.0204. The van der Waals surface area contributed by atoms with Gasteiger partial charge in [0.25, 0.3) is 0 Å². The third-order valence-corrected chi connectivity index (χ3v) is 14.1. The SMILES string of the molecule is CC/C=C\C/C=C\C/C=C\C/C=C\C/C=C\C/C=C\C/C=C\C/C=C\C/C=C\C/C=C\C/C=C\CCCCCC(=O)NC(COC1OC(CO)C(OC2OC(CO)C(O)C(O)C2O)C(O)C1O)C(O)CCCCCCCCCCCC. The molecule has 12 atom stereocenters. The Morgan fingerprint density at radius 2 is 0.852 bits per heavy atom. The lowest BCUT2D eigenvalue weighted by Gasteiger charge is -2.46. The number of ether oxygens (including phenoxy) is 4. The van der Waals surface area contributed by atoms with E-state index in [0.29, 0.717) is 12.8 Å². The predicted molar refractivity (Wildman–Crippen MR) is 327 cm³/mol. The highest BCUT2D eigenvalue weighted by Gasteiger charge is 2.51. The first-order chi connectivity index (χ1) is 39.6. The number of amides is 1. The van der Waals surface area contributed by atoms with E-state index in [1.807, 2.05) is 0 Å². The molecule has 0 aromatic carbocycles. The second-order valence-corrected chi connectivity index (χ2v) is 21.1. The molecule has 0 bridgehead atoms. The van der Waals surface area contributed by atoms with Crippen LogP contribution in [0.2, 0.25) is 0 Å². The summed E-state index contributed by atoms with van der Waals surface area (Å²) in [4.78, 5) is 13.2. The molecule has 460 valence electrons. The van der Waals surface area contributed by atoms with Crippen LogP contribution in [-0.2, 0) is 23.7 Å². The normalized spacial score (nSPS) is 25.1. The molecule has 2 rings (SSSR count). The van der Waals surface area contributed by atoms with Gasteiger partial charge in [-0.25, -0.2) is 0 Å². The summed E-state index contributed by atoms with van der Waals surface area (Å²) in [5, 5.41) is 87.0. The van der Waals surface area contributed by atoms with E-state index >= 15 is 0 Å². The maximum Gasteiger partial charge on any atom is 0.220 e. The molecule has 0 aromatic heterocycles. The summed E-state index contributed by atoms with van der Waals surface area (Å²) >= 11 is 0. The van der Waals surface area contributed by atoms with Crippen molar-refractivity contribution in [3.63, 3.8) is 0 Å². The van der Waals surface area contributed by atoms with Crippen molar-refractivity contribution in [2.24, 2.45) is 0 Å². The van der Waals surface area contributed by atoms with Gasteiger partial charge in [-0.1, -0.05) is 218 Å². The summed E-state index contributed by atoms with van der Waals surface area (Å²) in [6, 6.07) is -0.855. The van der Waals surface area contributed by atoms with Crippen molar-refractivity contribution in [2.45, 2.75) is 261 Å². The lowest BCUT2D eigenvalue weighted by atomic mass is 9.97. The maximum absolute atomic E-state index is 13.2. The van der Waals surface area contributed by atoms with Crippen molar-refractivity contribution in [3.8, 4) is 0 Å². The molecule has 2 aliphatic heterocycles. The van der Waals surface area contributed by atoms with Gasteiger partial charge in [0.1, 0.15) is 48.8 Å². The highest BCUT2D eigenvalue weighted by Crippen LogP contribution is 2.30. The van der Waals surface area contributed by atoms with E-state index < -0.39 is 86.8 Å². The maximum atomic E-state index is 13.2. The number of aliphatic hydroxyl groups is 8. The number of nitrogens with one attached hydrogen (secondary N) is 1. The zero-order valence-electron chi connectivity index (χ0n) is 49.5. The standard InChI is InChI=1S/C67H109NO13/c1-3-5-7-9-11-13-15-16-17-18-19-20-21-22-23-24-25-26-27-28-29-30-31-32-33-34-35-36-37-38-39-40-41-43-45-47-49-51-59(72)68-55(56(71)50-48-46-44-42-14-12-10-8-6-4-2)54-78-66-64(77)62(75)65(58(53-70)80-66)81-67-63(76)61(74)60(73)57(52-69)79-67/h5,7,11,13,16-17,19-20,22-23,25-26,28-29,31-32,34-35,37-38,40-41,55-58,60-67,69-71,73-77H,3-4,6,8-10,12,14-15,18,21,24,27,30,33,36,39,42-54H2,1-2H3,(H,68,72)/b7-5-,13-11-,17-16-,20-19-,23-22-,26-25-,29-28-,32-31-,35-34-,38-37-,41-40-. The van der Waals surface area contributed by atoms with Gasteiger partial charge in [-0.3, -0.25) is 4.79 Å². The Hall–Kier alpha value is -3.87. The second-order valence-electron chi connectivity index (χ2n) is 21.1. The van der Waals surface area contributed by atoms with E-state index in [4.69, 9.17) is 18.9 Å². The van der Waals surface area contributed by atoms with E-state index in [-0.39, 0.29) is 18.9 Å². The van der Waals surface area contributed by atoms with Crippen molar-refractivity contribution in [2.75, 3.05) is 19.8 Å². The van der Waals surface area contributed by atoms with Gasteiger partial charge in [-0.15, -0.1) is 0 Å². The predicted octanol–water partition coefficient (Wildman–Crippen LogP) is 11.2. The van der Waals surface area contributed by atoms with Gasteiger partial charge in [0.15, 0.2) is 12.6 Å². The fourth-order valence-corrected chi connectivity index (χ4v) is 9.18. The molecule has 0 aromatic rings. The van der Waals surface area contributed by atoms with Crippen LogP contribution < -0.4 is 5.32 Å². The molecule has 2 saturated heterocycles. The van der Waals surface area contributed by atoms with Crippen LogP contribution in [0.1, 0.15) is 187 Å². The molecule has 14 nitrogen and oxygen atoms in total. The Bertz CT molecular complexity index is 1870. The number of unbranched alkanes of at least 4 members (excludes halogenated alkanes) is 12. The molecule has 1 amide bonds. The zero-order valence-corrected chi connectivity index (χ0v) is 49.5. The first-order valence-corrected chi connectivity index (χ1v) is 30.9. The average Bonchev–Trinajstić information content (AvgIpc) is 3.51. The van der Waals surface area contributed by atoms with Gasteiger partial charge >= 0.3 is 0 Å². The minimum absolute atomic E-state index is 0.247. The average molecular weight is 1140 g/mol. The molecule has 12 unspecified atom stereocenters. The number of hydrogen-bond donors (Lipinski definition) is 9. The molecule has 14 heteroatoms. The van der Waals surface area contributed by atoms with Crippen molar-refractivity contribution in [3.05, 3.63) is 134 Å². The Morgan fingerprint density at radius 1 is 0.457 bits per heavy atom. The summed E-state index contributed by atoms with van der Waals surface area (Å²) in [7, 11) is 0. The fraction of sp³-hybridized carbons (Fsp3) is 0.657. The van der Waals surface area contributed by atoms with E-state index in [2.05, 4.69) is 153 Å². The number of carbonyl (C=O) groups excluding carboxylic acids is 1. The number of allylic oxidation sites excluding steroid dienone is 22. The van der Waals surface area contributed by atoms with Gasteiger partial charge < -0.3 is 65.1 Å². The summed E-state index contributed by atoms with van der Waals surface area (Å²) in [6.07, 6.45) is 57.6. The molecule has 0 saturated carbocycles. The van der Waals surface area contributed by atoms with Crippen LogP contribution in [-0.4, -0.2) is 140 Å². The Kier molecular flexibility index (Phi) is 45.8. The van der Waals surface area contributed by atoms with Gasteiger partial charge in [-0.05, 0) is 96.3 Å². The number of rotatable bonds is 47. The van der Waals surface area contributed by atoms with Crippen LogP contribution in [0.3, 0.4) is 0 Å². The molecule has 0 radical (unpaired) electrons. The second kappa shape index (κ2) is 50.6. The third-order valence-electron chi connectivity index (χ3n) is 14.1. The summed E-state index contributed by atoms with van der Waals surface area (Å²) < 4.78 is 22.7. The summed E-state index contributed by atoms with van der Waals surface area (Å²) in [5.41, 5.74) is 0. The number of hydrogen-bond acceptors (Lipinski definition) is 13. The lowest BCUT2D eigenvalue weighted by Crippen LogP contribution is -2.65. The van der Waals surface area contributed by atoms with E-state index in [1.165, 1.54) is 38.5 Å². The lowest BCUT2D eigenvalue weighted by molar-refractivity contribution is -0.359. The third kappa shape index (κ3) is 35.8. The Balaban J connectivity index is 1.66. The largest absolute Gasteiger partial charge is 0.394 e. The number of carbonyl (C=O) groups is 1. The Labute approximate surface area is 488 Å². The molecule has 0 aliphatic carbocycles. The zero-order chi connectivity index (χ0) is 58.8. The first-order valence-electron chi connectivity index (χ1n) is 30.9. The van der Waals surface area contributed by atoms with Crippen molar-refractivity contribution in [1.82, 2.24) is 5.32 Å². The molecule has 2 aliphatic rings. The summed E-state index contributed by atoms with van der Waals surface area (Å²) in [6.45, 7) is 2.67. The first kappa shape index (κ1) is 73.2. The van der Waals surface area contributed by atoms with Crippen LogP contribution in [0.4, 0.5) is 0 Å². The topological polar surface area (TPSA) is 228 Å². The molecular weight excluding hydrogens is 1030 g/mol. The van der Waals surface area contributed by atoms with Crippen LogP contribution in [0, 0.1) is 0 Å². The molecule has 2 fully saturated rings. The van der Waals surface area contributed by atoms with Crippen molar-refractivity contribution in [1.29, 1.82) is 0 Å². The molecule has 9 N–H and O–H groups in total.